The Bertz CT molecular complexity index is 569. The second kappa shape index (κ2) is 5.28. The first-order chi connectivity index (χ1) is 9.13. The summed E-state index contributed by atoms with van der Waals surface area (Å²) >= 11 is 0. The summed E-state index contributed by atoms with van der Waals surface area (Å²) in [5.41, 5.74) is 2.80. The van der Waals surface area contributed by atoms with Crippen LogP contribution in [0, 0.1) is 5.92 Å². The maximum absolute atomic E-state index is 4.46. The molecule has 0 saturated heterocycles. The Kier molecular flexibility index (Phi) is 3.88. The lowest BCUT2D eigenvalue weighted by atomic mass is 9.67. The first kappa shape index (κ1) is 14.0. The van der Waals surface area contributed by atoms with Crippen LogP contribution in [0.2, 0.25) is 0 Å². The van der Waals surface area contributed by atoms with Crippen molar-refractivity contribution in [1.82, 2.24) is 10.2 Å². The van der Waals surface area contributed by atoms with E-state index in [1.807, 2.05) is 20.0 Å². The van der Waals surface area contributed by atoms with Crippen LogP contribution in [0.25, 0.3) is 10.8 Å². The van der Waals surface area contributed by atoms with Crippen LogP contribution >= 0.6 is 0 Å². The fraction of sp³-hybridized carbons (Fsp3) is 0.529. The number of benzene rings is 1. The van der Waals surface area contributed by atoms with Crippen molar-refractivity contribution in [3.8, 4) is 0 Å². The fourth-order valence-corrected chi connectivity index (χ4v) is 2.90. The first-order valence-electron chi connectivity index (χ1n) is 7.36. The highest BCUT2D eigenvalue weighted by atomic mass is 15.1. The molecule has 1 unspecified atom stereocenters. The van der Waals surface area contributed by atoms with Gasteiger partial charge in [-0.15, -0.1) is 0 Å². The predicted molar refractivity (Wildman–Crippen MR) is 81.4 cm³/mol. The standard InChI is InChI=1S/C15H18N2.C2H6/c1-10(2)15(3)8-7-11-5-4-6-12-9-16-17-14(15)13(11)12;1-2/h4-6,9-10H,7-8H2,1-3H3;1-2H3. The van der Waals surface area contributed by atoms with E-state index in [1.165, 1.54) is 28.5 Å². The number of aryl methyl sites for hydroxylation is 1. The second-order valence-corrected chi connectivity index (χ2v) is 5.65. The molecule has 102 valence electrons. The van der Waals surface area contributed by atoms with Gasteiger partial charge in [-0.05, 0) is 24.3 Å². The number of aromatic nitrogens is 2. The Morgan fingerprint density at radius 3 is 2.63 bits per heavy atom. The molecule has 1 heterocycles. The third-order valence-electron chi connectivity index (χ3n) is 4.50. The van der Waals surface area contributed by atoms with Gasteiger partial charge in [-0.3, -0.25) is 0 Å². The molecule has 0 saturated carbocycles. The van der Waals surface area contributed by atoms with Crippen LogP contribution in [0.4, 0.5) is 0 Å². The molecule has 0 bridgehead atoms. The molecule has 0 radical (unpaired) electrons. The van der Waals surface area contributed by atoms with Crippen molar-refractivity contribution in [2.45, 2.75) is 52.9 Å². The van der Waals surface area contributed by atoms with E-state index in [0.717, 1.165) is 6.42 Å². The van der Waals surface area contributed by atoms with Gasteiger partial charge in [-0.1, -0.05) is 52.8 Å². The van der Waals surface area contributed by atoms with E-state index in [0.29, 0.717) is 5.92 Å². The summed E-state index contributed by atoms with van der Waals surface area (Å²) in [6, 6.07) is 6.50. The third-order valence-corrected chi connectivity index (χ3v) is 4.50. The van der Waals surface area contributed by atoms with Crippen molar-refractivity contribution in [2.24, 2.45) is 5.92 Å². The third kappa shape index (κ3) is 2.13. The monoisotopic (exact) mass is 256 g/mol. The van der Waals surface area contributed by atoms with Gasteiger partial charge in [0.25, 0.3) is 0 Å². The van der Waals surface area contributed by atoms with Crippen LogP contribution < -0.4 is 0 Å². The summed E-state index contributed by atoms with van der Waals surface area (Å²) in [7, 11) is 0. The topological polar surface area (TPSA) is 25.8 Å². The van der Waals surface area contributed by atoms with E-state index in [2.05, 4.69) is 49.2 Å². The van der Waals surface area contributed by atoms with Gasteiger partial charge in [0, 0.05) is 16.2 Å². The molecule has 1 aliphatic carbocycles. The summed E-state index contributed by atoms with van der Waals surface area (Å²) in [5, 5.41) is 11.2. The van der Waals surface area contributed by atoms with Crippen LogP contribution in [-0.2, 0) is 11.8 Å². The quantitative estimate of drug-likeness (QED) is 0.750. The Morgan fingerprint density at radius 2 is 1.95 bits per heavy atom. The minimum Gasteiger partial charge on any atom is -0.158 e. The van der Waals surface area contributed by atoms with Gasteiger partial charge in [0.2, 0.25) is 0 Å². The highest BCUT2D eigenvalue weighted by molar-refractivity contribution is 5.88. The van der Waals surface area contributed by atoms with Crippen LogP contribution in [0.5, 0.6) is 0 Å². The number of rotatable bonds is 1. The smallest absolute Gasteiger partial charge is 0.0773 e. The zero-order valence-electron chi connectivity index (χ0n) is 12.7. The molecule has 0 amide bonds. The number of hydrogen-bond donors (Lipinski definition) is 0. The van der Waals surface area contributed by atoms with E-state index < -0.39 is 0 Å². The molecule has 0 spiro atoms. The van der Waals surface area contributed by atoms with Crippen LogP contribution in [-0.4, -0.2) is 10.2 Å². The van der Waals surface area contributed by atoms with Gasteiger partial charge in [0.15, 0.2) is 0 Å². The van der Waals surface area contributed by atoms with Crippen molar-refractivity contribution in [3.63, 3.8) is 0 Å². The Morgan fingerprint density at radius 1 is 1.21 bits per heavy atom. The zero-order chi connectivity index (χ0) is 14.0. The normalized spacial score (nSPS) is 21.2. The average molecular weight is 256 g/mol. The molecule has 19 heavy (non-hydrogen) atoms. The average Bonchev–Trinajstić information content (AvgIpc) is 2.45. The van der Waals surface area contributed by atoms with Crippen molar-refractivity contribution < 1.29 is 0 Å². The first-order valence-corrected chi connectivity index (χ1v) is 7.36. The largest absolute Gasteiger partial charge is 0.158 e. The molecule has 1 aliphatic rings. The van der Waals surface area contributed by atoms with Gasteiger partial charge < -0.3 is 0 Å². The minimum atomic E-state index is 0.168. The highest BCUT2D eigenvalue weighted by Gasteiger charge is 2.37. The highest BCUT2D eigenvalue weighted by Crippen LogP contribution is 2.43. The van der Waals surface area contributed by atoms with Gasteiger partial charge >= 0.3 is 0 Å². The lowest BCUT2D eigenvalue weighted by Crippen LogP contribution is -2.33. The van der Waals surface area contributed by atoms with E-state index in [-0.39, 0.29) is 5.41 Å². The molecule has 2 heteroatoms. The van der Waals surface area contributed by atoms with E-state index in [4.69, 9.17) is 0 Å². The number of nitrogens with zero attached hydrogens (tertiary/aromatic N) is 2. The molecule has 1 aromatic carbocycles. The SMILES string of the molecule is CC.CC(C)C1(C)CCc2cccc3cnnc1c23. The molecule has 0 fully saturated rings. The fourth-order valence-electron chi connectivity index (χ4n) is 2.90. The molecule has 0 N–H and O–H groups in total. The Labute approximate surface area is 116 Å². The summed E-state index contributed by atoms with van der Waals surface area (Å²) < 4.78 is 0. The van der Waals surface area contributed by atoms with Crippen LogP contribution in [0.3, 0.4) is 0 Å². The molecule has 2 nitrogen and oxygen atoms in total. The Balaban J connectivity index is 0.000000637. The molecule has 3 rings (SSSR count). The van der Waals surface area contributed by atoms with Gasteiger partial charge in [-0.2, -0.15) is 10.2 Å². The lowest BCUT2D eigenvalue weighted by Gasteiger charge is -2.37. The van der Waals surface area contributed by atoms with Gasteiger partial charge in [0.05, 0.1) is 11.9 Å². The van der Waals surface area contributed by atoms with Crippen LogP contribution in [0.15, 0.2) is 24.4 Å². The van der Waals surface area contributed by atoms with Crippen molar-refractivity contribution >= 4 is 10.8 Å². The lowest BCUT2D eigenvalue weighted by molar-refractivity contribution is 0.300. The van der Waals surface area contributed by atoms with Crippen molar-refractivity contribution in [2.75, 3.05) is 0 Å². The maximum Gasteiger partial charge on any atom is 0.0773 e. The Hall–Kier alpha value is -1.44. The summed E-state index contributed by atoms with van der Waals surface area (Å²) in [5.74, 6) is 0.593. The second-order valence-electron chi connectivity index (χ2n) is 5.65. The minimum absolute atomic E-state index is 0.168. The van der Waals surface area contributed by atoms with E-state index in [1.54, 1.807) is 0 Å². The summed E-state index contributed by atoms with van der Waals surface area (Å²) in [6.07, 6.45) is 4.22. The number of hydrogen-bond acceptors (Lipinski definition) is 2. The predicted octanol–water partition coefficient (Wildman–Crippen LogP) is 4.52. The van der Waals surface area contributed by atoms with Crippen LogP contribution in [0.1, 0.15) is 52.3 Å². The van der Waals surface area contributed by atoms with Crippen molar-refractivity contribution in [3.05, 3.63) is 35.7 Å². The maximum atomic E-state index is 4.46. The molecule has 1 aromatic heterocycles. The molecule has 0 aliphatic heterocycles. The summed E-state index contributed by atoms with van der Waals surface area (Å²) in [4.78, 5) is 0. The van der Waals surface area contributed by atoms with E-state index >= 15 is 0 Å². The summed E-state index contributed by atoms with van der Waals surface area (Å²) in [6.45, 7) is 10.9. The molecular formula is C17H24N2. The zero-order valence-corrected chi connectivity index (χ0v) is 12.7. The molecule has 1 atom stereocenters. The van der Waals surface area contributed by atoms with Crippen molar-refractivity contribution in [1.29, 1.82) is 0 Å². The van der Waals surface area contributed by atoms with Gasteiger partial charge in [-0.25, -0.2) is 0 Å². The molecular weight excluding hydrogens is 232 g/mol. The van der Waals surface area contributed by atoms with E-state index in [9.17, 15) is 0 Å². The molecule has 2 aromatic rings. The van der Waals surface area contributed by atoms with Gasteiger partial charge in [0.1, 0.15) is 0 Å².